The lowest BCUT2D eigenvalue weighted by molar-refractivity contribution is 0.416. The molecule has 1 N–H and O–H groups in total. The molecule has 1 heterocycles. The predicted octanol–water partition coefficient (Wildman–Crippen LogP) is 1.65. The summed E-state index contributed by atoms with van der Waals surface area (Å²) in [5.74, 6) is 0.800. The lowest BCUT2D eigenvalue weighted by Crippen LogP contribution is -2.42. The second-order valence-electron chi connectivity index (χ2n) is 5.49. The van der Waals surface area contributed by atoms with E-state index in [1.807, 2.05) is 30.3 Å². The normalized spacial score (nSPS) is 18.7. The molecule has 0 aliphatic carbocycles. The average Bonchev–Trinajstić information content (AvgIpc) is 2.77. The first-order chi connectivity index (χ1) is 10.6. The van der Waals surface area contributed by atoms with Gasteiger partial charge in [0.1, 0.15) is 0 Å². The number of hydrogen-bond donors (Lipinski definition) is 1. The van der Waals surface area contributed by atoms with Crippen molar-refractivity contribution < 1.29 is 12.6 Å². The van der Waals surface area contributed by atoms with Gasteiger partial charge in [-0.15, -0.1) is 0 Å². The molecule has 5 nitrogen and oxygen atoms in total. The van der Waals surface area contributed by atoms with Gasteiger partial charge in [0.05, 0.1) is 0 Å². The summed E-state index contributed by atoms with van der Waals surface area (Å²) in [5.41, 5.74) is 1.01. The molecule has 1 atom stereocenters. The van der Waals surface area contributed by atoms with E-state index in [4.69, 9.17) is 0 Å². The van der Waals surface area contributed by atoms with Crippen LogP contribution in [0.3, 0.4) is 0 Å². The molecule has 2 rings (SSSR count). The van der Waals surface area contributed by atoms with Gasteiger partial charge >= 0.3 is 0 Å². The number of rotatable bonds is 7. The Labute approximate surface area is 135 Å². The van der Waals surface area contributed by atoms with Gasteiger partial charge in [0.25, 0.3) is 10.2 Å². The van der Waals surface area contributed by atoms with Crippen LogP contribution in [0.2, 0.25) is 0 Å². The van der Waals surface area contributed by atoms with Crippen LogP contribution in [-0.4, -0.2) is 42.3 Å². The summed E-state index contributed by atoms with van der Waals surface area (Å²) in [4.78, 5) is 0. The van der Waals surface area contributed by atoms with Crippen molar-refractivity contribution in [2.45, 2.75) is 31.4 Å². The third-order valence-corrected chi connectivity index (χ3v) is 6.62. The minimum atomic E-state index is -3.43. The Balaban J connectivity index is 1.76. The van der Waals surface area contributed by atoms with Gasteiger partial charge in [0.2, 0.25) is 0 Å². The second kappa shape index (κ2) is 8.76. The van der Waals surface area contributed by atoms with Crippen molar-refractivity contribution in [3.05, 3.63) is 35.9 Å². The van der Waals surface area contributed by atoms with E-state index >= 15 is 0 Å². The molecule has 124 valence electrons. The topological polar surface area (TPSA) is 66.5 Å². The zero-order valence-corrected chi connectivity index (χ0v) is 14.4. The van der Waals surface area contributed by atoms with Crippen LogP contribution >= 0.6 is 0 Å². The lowest BCUT2D eigenvalue weighted by Gasteiger charge is -2.20. The van der Waals surface area contributed by atoms with Gasteiger partial charge in [-0.3, -0.25) is 4.21 Å². The van der Waals surface area contributed by atoms with Crippen molar-refractivity contribution in [1.82, 2.24) is 9.03 Å². The maximum absolute atomic E-state index is 12.2. The van der Waals surface area contributed by atoms with Gasteiger partial charge < -0.3 is 0 Å². The van der Waals surface area contributed by atoms with Crippen molar-refractivity contribution in [1.29, 1.82) is 0 Å². The van der Waals surface area contributed by atoms with Gasteiger partial charge in [0, 0.05) is 41.9 Å². The quantitative estimate of drug-likeness (QED) is 0.818. The van der Waals surface area contributed by atoms with Crippen molar-refractivity contribution in [3.8, 4) is 0 Å². The SMILES string of the molecule is O=[S@@](CCNS(=O)(=O)N1CCCCCC1)Cc1ccccc1. The lowest BCUT2D eigenvalue weighted by atomic mass is 10.2. The van der Waals surface area contributed by atoms with E-state index in [1.165, 1.54) is 4.31 Å². The van der Waals surface area contributed by atoms with Crippen LogP contribution in [0.25, 0.3) is 0 Å². The molecule has 1 saturated heterocycles. The summed E-state index contributed by atoms with van der Waals surface area (Å²) in [6.07, 6.45) is 4.02. The maximum atomic E-state index is 12.2. The number of nitrogens with one attached hydrogen (secondary N) is 1. The van der Waals surface area contributed by atoms with Crippen LogP contribution in [0.15, 0.2) is 30.3 Å². The molecule has 7 heteroatoms. The average molecular weight is 345 g/mol. The van der Waals surface area contributed by atoms with E-state index in [9.17, 15) is 12.6 Å². The number of benzene rings is 1. The van der Waals surface area contributed by atoms with Crippen molar-refractivity contribution in [2.75, 3.05) is 25.4 Å². The van der Waals surface area contributed by atoms with E-state index in [-0.39, 0.29) is 6.54 Å². The highest BCUT2D eigenvalue weighted by Crippen LogP contribution is 2.12. The highest BCUT2D eigenvalue weighted by atomic mass is 32.2. The Bertz CT molecular complexity index is 568. The monoisotopic (exact) mass is 344 g/mol. The van der Waals surface area contributed by atoms with E-state index in [2.05, 4.69) is 4.72 Å². The summed E-state index contributed by atoms with van der Waals surface area (Å²) in [5, 5.41) is 0. The maximum Gasteiger partial charge on any atom is 0.279 e. The summed E-state index contributed by atoms with van der Waals surface area (Å²) in [6.45, 7) is 1.39. The molecule has 0 unspecified atom stereocenters. The molecule has 0 radical (unpaired) electrons. The first kappa shape index (κ1) is 17.6. The molecule has 0 saturated carbocycles. The highest BCUT2D eigenvalue weighted by Gasteiger charge is 2.22. The molecule has 0 aromatic heterocycles. The summed E-state index contributed by atoms with van der Waals surface area (Å²) in [7, 11) is -4.49. The van der Waals surface area contributed by atoms with Gasteiger partial charge in [-0.1, -0.05) is 43.2 Å². The molecule has 0 amide bonds. The van der Waals surface area contributed by atoms with Crippen molar-refractivity contribution >= 4 is 21.0 Å². The fourth-order valence-corrected chi connectivity index (χ4v) is 4.94. The van der Waals surface area contributed by atoms with E-state index in [0.717, 1.165) is 31.2 Å². The van der Waals surface area contributed by atoms with E-state index in [0.29, 0.717) is 24.6 Å². The van der Waals surface area contributed by atoms with Gasteiger partial charge in [-0.2, -0.15) is 12.7 Å². The summed E-state index contributed by atoms with van der Waals surface area (Å²) < 4.78 is 40.5. The Kier molecular flexibility index (Phi) is 7.01. The highest BCUT2D eigenvalue weighted by molar-refractivity contribution is 7.87. The summed E-state index contributed by atoms with van der Waals surface area (Å²) in [6, 6.07) is 9.60. The fraction of sp³-hybridized carbons (Fsp3) is 0.600. The molecule has 1 aliphatic heterocycles. The molecule has 1 aromatic carbocycles. The molecular weight excluding hydrogens is 320 g/mol. The van der Waals surface area contributed by atoms with Gasteiger partial charge in [0.15, 0.2) is 0 Å². The molecular formula is C15H24N2O3S2. The third-order valence-electron chi connectivity index (χ3n) is 3.69. The van der Waals surface area contributed by atoms with Crippen LogP contribution < -0.4 is 4.72 Å². The first-order valence-electron chi connectivity index (χ1n) is 7.71. The summed E-state index contributed by atoms with van der Waals surface area (Å²) >= 11 is 0. The number of nitrogens with zero attached hydrogens (tertiary/aromatic N) is 1. The number of hydrogen-bond acceptors (Lipinski definition) is 3. The Morgan fingerprint density at radius 3 is 2.32 bits per heavy atom. The smallest absolute Gasteiger partial charge is 0.259 e. The molecule has 1 aliphatic rings. The molecule has 0 bridgehead atoms. The zero-order valence-electron chi connectivity index (χ0n) is 12.7. The Morgan fingerprint density at radius 1 is 1.05 bits per heavy atom. The molecule has 0 spiro atoms. The van der Waals surface area contributed by atoms with Crippen LogP contribution in [0.5, 0.6) is 0 Å². The minimum absolute atomic E-state index is 0.221. The van der Waals surface area contributed by atoms with E-state index in [1.54, 1.807) is 0 Å². The Morgan fingerprint density at radius 2 is 1.68 bits per heavy atom. The van der Waals surface area contributed by atoms with Crippen LogP contribution in [0.4, 0.5) is 0 Å². The van der Waals surface area contributed by atoms with Crippen LogP contribution in [0.1, 0.15) is 31.2 Å². The van der Waals surface area contributed by atoms with Gasteiger partial charge in [-0.25, -0.2) is 4.72 Å². The zero-order chi connectivity index (χ0) is 15.8. The Hall–Kier alpha value is -0.760. The molecule has 1 aromatic rings. The predicted molar refractivity (Wildman–Crippen MR) is 90.1 cm³/mol. The molecule has 1 fully saturated rings. The van der Waals surface area contributed by atoms with Crippen molar-refractivity contribution in [3.63, 3.8) is 0 Å². The van der Waals surface area contributed by atoms with Crippen LogP contribution in [-0.2, 0) is 26.8 Å². The largest absolute Gasteiger partial charge is 0.279 e. The van der Waals surface area contributed by atoms with E-state index < -0.39 is 21.0 Å². The second-order valence-corrected chi connectivity index (χ2v) is 8.82. The minimum Gasteiger partial charge on any atom is -0.259 e. The third kappa shape index (κ3) is 5.79. The standard InChI is InChI=1S/C15H24N2O3S2/c18-21(14-15-8-4-3-5-9-15)13-10-16-22(19,20)17-11-6-1-2-7-12-17/h3-5,8-9,16H,1-2,6-7,10-14H2/t21-/m0/s1. The van der Waals surface area contributed by atoms with Gasteiger partial charge in [-0.05, 0) is 18.4 Å². The first-order valence-corrected chi connectivity index (χ1v) is 10.6. The van der Waals surface area contributed by atoms with Crippen LogP contribution in [0, 0.1) is 0 Å². The van der Waals surface area contributed by atoms with Crippen molar-refractivity contribution in [2.24, 2.45) is 0 Å². The fourth-order valence-electron chi connectivity index (χ4n) is 2.49. The molecule has 22 heavy (non-hydrogen) atoms.